The molecule has 1 aromatic heterocycles. The van der Waals surface area contributed by atoms with E-state index in [9.17, 15) is 14.4 Å². The summed E-state index contributed by atoms with van der Waals surface area (Å²) in [5, 5.41) is 6.50. The molecule has 8 nitrogen and oxygen atoms in total. The molecule has 0 saturated carbocycles. The molecule has 2 heterocycles. The summed E-state index contributed by atoms with van der Waals surface area (Å²) in [7, 11) is 0. The Bertz CT molecular complexity index is 792. The van der Waals surface area contributed by atoms with Crippen LogP contribution >= 0.6 is 11.3 Å². The summed E-state index contributed by atoms with van der Waals surface area (Å²) in [6.45, 7) is -0.297. The van der Waals surface area contributed by atoms with Gasteiger partial charge < -0.3 is 19.5 Å². The first kappa shape index (κ1) is 17.7. The average molecular weight is 376 g/mol. The fourth-order valence-electron chi connectivity index (χ4n) is 2.15. The number of rotatable bonds is 5. The van der Waals surface area contributed by atoms with E-state index in [1.807, 2.05) is 17.5 Å². The molecule has 0 radical (unpaired) electrons. The third-order valence-corrected chi connectivity index (χ3v) is 4.25. The molecule has 3 rings (SSSR count). The van der Waals surface area contributed by atoms with Gasteiger partial charge in [-0.1, -0.05) is 18.2 Å². The zero-order valence-corrected chi connectivity index (χ0v) is 14.4. The summed E-state index contributed by atoms with van der Waals surface area (Å²) in [6, 6.07) is 9.98. The standard InChI is InChI=1S/C17H16N2O6S/c20-15(19-17(22)18-8-11-4-3-7-26-11)10-24-16(21)14-9-23-12-5-1-2-6-13(12)25-14/h1-7,14H,8-10H2,(H2,18,19,20,22). The Morgan fingerprint density at radius 1 is 1.15 bits per heavy atom. The van der Waals surface area contributed by atoms with Crippen molar-refractivity contribution in [1.82, 2.24) is 10.6 Å². The van der Waals surface area contributed by atoms with Gasteiger partial charge in [-0.15, -0.1) is 11.3 Å². The number of hydrogen-bond donors (Lipinski definition) is 2. The molecular weight excluding hydrogens is 360 g/mol. The number of urea groups is 1. The molecule has 1 aliphatic rings. The number of imide groups is 1. The van der Waals surface area contributed by atoms with Crippen LogP contribution in [0.25, 0.3) is 0 Å². The van der Waals surface area contributed by atoms with Gasteiger partial charge >= 0.3 is 12.0 Å². The summed E-state index contributed by atoms with van der Waals surface area (Å²) in [5.74, 6) is -0.511. The molecule has 1 atom stereocenters. The van der Waals surface area contributed by atoms with Gasteiger partial charge in [-0.3, -0.25) is 10.1 Å². The van der Waals surface area contributed by atoms with Crippen LogP contribution in [0.5, 0.6) is 11.5 Å². The summed E-state index contributed by atoms with van der Waals surface area (Å²) in [4.78, 5) is 36.2. The first-order valence-corrected chi connectivity index (χ1v) is 8.65. The van der Waals surface area contributed by atoms with Gasteiger partial charge in [0.05, 0.1) is 6.54 Å². The van der Waals surface area contributed by atoms with Crippen molar-refractivity contribution in [2.24, 2.45) is 0 Å². The molecule has 9 heteroatoms. The van der Waals surface area contributed by atoms with E-state index < -0.39 is 30.6 Å². The van der Waals surface area contributed by atoms with Gasteiger partial charge in [-0.2, -0.15) is 0 Å². The molecule has 3 amide bonds. The predicted octanol–water partition coefficient (Wildman–Crippen LogP) is 1.46. The van der Waals surface area contributed by atoms with Crippen molar-refractivity contribution in [2.75, 3.05) is 13.2 Å². The quantitative estimate of drug-likeness (QED) is 0.766. The second-order valence-electron chi connectivity index (χ2n) is 5.28. The second kappa shape index (κ2) is 8.34. The number of hydrogen-bond acceptors (Lipinski definition) is 7. The Balaban J connectivity index is 1.39. The van der Waals surface area contributed by atoms with E-state index >= 15 is 0 Å². The number of nitrogens with one attached hydrogen (secondary N) is 2. The fourth-order valence-corrected chi connectivity index (χ4v) is 2.80. The highest BCUT2D eigenvalue weighted by atomic mass is 32.1. The van der Waals surface area contributed by atoms with Crippen LogP contribution in [0, 0.1) is 0 Å². The van der Waals surface area contributed by atoms with Gasteiger partial charge in [0.25, 0.3) is 5.91 Å². The van der Waals surface area contributed by atoms with Crippen LogP contribution < -0.4 is 20.1 Å². The van der Waals surface area contributed by atoms with E-state index in [0.717, 1.165) is 4.88 Å². The number of para-hydroxylation sites is 2. The van der Waals surface area contributed by atoms with Crippen LogP contribution in [-0.2, 0) is 20.9 Å². The Morgan fingerprint density at radius 2 is 1.96 bits per heavy atom. The lowest BCUT2D eigenvalue weighted by Gasteiger charge is -2.24. The normalized spacial score (nSPS) is 15.0. The largest absolute Gasteiger partial charge is 0.485 e. The summed E-state index contributed by atoms with van der Waals surface area (Å²) < 4.78 is 15.8. The van der Waals surface area contributed by atoms with E-state index in [1.165, 1.54) is 11.3 Å². The summed E-state index contributed by atoms with van der Waals surface area (Å²) in [5.41, 5.74) is 0. The first-order valence-electron chi connectivity index (χ1n) is 7.77. The molecule has 136 valence electrons. The smallest absolute Gasteiger partial charge is 0.351 e. The minimum absolute atomic E-state index is 0.0151. The molecule has 1 aliphatic heterocycles. The van der Waals surface area contributed by atoms with Gasteiger partial charge in [0, 0.05) is 4.88 Å². The summed E-state index contributed by atoms with van der Waals surface area (Å²) >= 11 is 1.49. The fraction of sp³-hybridized carbons (Fsp3) is 0.235. The maximum atomic E-state index is 12.0. The third-order valence-electron chi connectivity index (χ3n) is 3.37. The van der Waals surface area contributed by atoms with Crippen LogP contribution in [0.1, 0.15) is 4.88 Å². The molecule has 26 heavy (non-hydrogen) atoms. The number of benzene rings is 1. The van der Waals surface area contributed by atoms with Gasteiger partial charge in [-0.25, -0.2) is 9.59 Å². The van der Waals surface area contributed by atoms with E-state index in [4.69, 9.17) is 14.2 Å². The van der Waals surface area contributed by atoms with Crippen LogP contribution in [0.15, 0.2) is 41.8 Å². The first-order chi connectivity index (χ1) is 12.6. The number of carbonyl (C=O) groups excluding carboxylic acids is 3. The van der Waals surface area contributed by atoms with Gasteiger partial charge in [0.2, 0.25) is 6.10 Å². The molecule has 0 aliphatic carbocycles. The number of esters is 1. The van der Waals surface area contributed by atoms with Crippen LogP contribution in [-0.4, -0.2) is 37.2 Å². The second-order valence-corrected chi connectivity index (χ2v) is 6.31. The Hall–Kier alpha value is -3.07. The van der Waals surface area contributed by atoms with Crippen molar-refractivity contribution >= 4 is 29.2 Å². The molecule has 0 spiro atoms. The maximum Gasteiger partial charge on any atom is 0.351 e. The van der Waals surface area contributed by atoms with Crippen LogP contribution in [0.3, 0.4) is 0 Å². The maximum absolute atomic E-state index is 12.0. The molecule has 2 N–H and O–H groups in total. The Kier molecular flexibility index (Phi) is 5.69. The number of ether oxygens (including phenoxy) is 3. The number of thiophene rings is 1. The van der Waals surface area contributed by atoms with Gasteiger partial charge in [0.15, 0.2) is 18.1 Å². The minimum Gasteiger partial charge on any atom is -0.485 e. The highest BCUT2D eigenvalue weighted by Gasteiger charge is 2.29. The van der Waals surface area contributed by atoms with Crippen molar-refractivity contribution in [3.63, 3.8) is 0 Å². The highest BCUT2D eigenvalue weighted by Crippen LogP contribution is 2.31. The zero-order valence-electron chi connectivity index (χ0n) is 13.6. The van der Waals surface area contributed by atoms with Crippen molar-refractivity contribution in [3.05, 3.63) is 46.7 Å². The summed E-state index contributed by atoms with van der Waals surface area (Å²) in [6.07, 6.45) is -0.967. The predicted molar refractivity (Wildman–Crippen MR) is 92.0 cm³/mol. The van der Waals surface area contributed by atoms with Crippen LogP contribution in [0.2, 0.25) is 0 Å². The van der Waals surface area contributed by atoms with Crippen molar-refractivity contribution < 1.29 is 28.6 Å². The van der Waals surface area contributed by atoms with Crippen LogP contribution in [0.4, 0.5) is 4.79 Å². The van der Waals surface area contributed by atoms with Gasteiger partial charge in [-0.05, 0) is 23.6 Å². The highest BCUT2D eigenvalue weighted by molar-refractivity contribution is 7.09. The molecule has 0 bridgehead atoms. The topological polar surface area (TPSA) is 103 Å². The Labute approximate surface area is 153 Å². The molecule has 1 unspecified atom stereocenters. The van der Waals surface area contributed by atoms with Crippen molar-refractivity contribution in [1.29, 1.82) is 0 Å². The third kappa shape index (κ3) is 4.73. The average Bonchev–Trinajstić information content (AvgIpc) is 3.17. The van der Waals surface area contributed by atoms with Crippen molar-refractivity contribution in [2.45, 2.75) is 12.6 Å². The molecular formula is C17H16N2O6S. The van der Waals surface area contributed by atoms with E-state index in [0.29, 0.717) is 18.0 Å². The van der Waals surface area contributed by atoms with E-state index in [-0.39, 0.29) is 6.61 Å². The lowest BCUT2D eigenvalue weighted by atomic mass is 10.2. The molecule has 0 saturated heterocycles. The lowest BCUT2D eigenvalue weighted by molar-refractivity contribution is -0.157. The molecule has 1 aromatic carbocycles. The van der Waals surface area contributed by atoms with E-state index in [2.05, 4.69) is 10.6 Å². The van der Waals surface area contributed by atoms with Gasteiger partial charge in [0.1, 0.15) is 6.61 Å². The van der Waals surface area contributed by atoms with E-state index in [1.54, 1.807) is 24.3 Å². The molecule has 2 aromatic rings. The zero-order chi connectivity index (χ0) is 18.4. The number of carbonyl (C=O) groups is 3. The van der Waals surface area contributed by atoms with Crippen molar-refractivity contribution in [3.8, 4) is 11.5 Å². The lowest BCUT2D eigenvalue weighted by Crippen LogP contribution is -2.43. The SMILES string of the molecule is O=C(COC(=O)C1COc2ccccc2O1)NC(=O)NCc1cccs1. The molecule has 0 fully saturated rings. The number of amides is 3. The Morgan fingerprint density at radius 3 is 2.73 bits per heavy atom. The number of fused-ring (bicyclic) bond motifs is 1. The monoisotopic (exact) mass is 376 g/mol. The minimum atomic E-state index is -0.967.